The van der Waals surface area contributed by atoms with Gasteiger partial charge in [-0.2, -0.15) is 0 Å². The van der Waals surface area contributed by atoms with E-state index >= 15 is 0 Å². The van der Waals surface area contributed by atoms with Crippen molar-refractivity contribution in [1.29, 1.82) is 0 Å². The molecule has 4 heterocycles. The molecule has 0 spiro atoms. The van der Waals surface area contributed by atoms with E-state index in [9.17, 15) is 9.90 Å². The summed E-state index contributed by atoms with van der Waals surface area (Å²) in [6, 6.07) is 6.50. The Hall–Kier alpha value is -2.88. The standard InChI is InChI=1S/C17H8ClN5O2S2/c18-16-15-12(21-23-22-16)9-10(19)14(26-17(9)27-15)13(25)7-3-4-8(24)11-6(7)2-1-5-20-11/h1-5,24H,19H2. The number of hydrogen-bond acceptors (Lipinski definition) is 9. The van der Waals surface area contributed by atoms with Gasteiger partial charge in [-0.3, -0.25) is 9.78 Å². The minimum Gasteiger partial charge on any atom is -0.506 e. The first-order valence-electron chi connectivity index (χ1n) is 7.67. The van der Waals surface area contributed by atoms with Crippen molar-refractivity contribution in [1.82, 2.24) is 20.4 Å². The fourth-order valence-corrected chi connectivity index (χ4v) is 5.68. The Morgan fingerprint density at radius 2 is 2.00 bits per heavy atom. The van der Waals surface area contributed by atoms with E-state index in [4.69, 9.17) is 17.3 Å². The predicted molar refractivity (Wildman–Crippen MR) is 107 cm³/mol. The van der Waals surface area contributed by atoms with Gasteiger partial charge in [-0.25, -0.2) is 0 Å². The number of carbonyl (C=O) groups is 1. The van der Waals surface area contributed by atoms with Crippen molar-refractivity contribution in [2.45, 2.75) is 0 Å². The number of phenols is 1. The molecule has 27 heavy (non-hydrogen) atoms. The van der Waals surface area contributed by atoms with E-state index < -0.39 is 0 Å². The number of thiophene rings is 2. The third-order valence-electron chi connectivity index (χ3n) is 4.22. The van der Waals surface area contributed by atoms with Crippen molar-refractivity contribution < 1.29 is 9.90 Å². The van der Waals surface area contributed by atoms with E-state index in [2.05, 4.69) is 20.4 Å². The van der Waals surface area contributed by atoms with E-state index in [1.54, 1.807) is 24.4 Å². The number of halogens is 1. The molecule has 0 radical (unpaired) electrons. The summed E-state index contributed by atoms with van der Waals surface area (Å²) in [6.45, 7) is 0. The van der Waals surface area contributed by atoms with Crippen molar-refractivity contribution in [3.8, 4) is 5.75 Å². The molecule has 1 aromatic carbocycles. The first-order valence-corrected chi connectivity index (χ1v) is 9.68. The van der Waals surface area contributed by atoms with Gasteiger partial charge in [-0.05, 0) is 23.4 Å². The Morgan fingerprint density at radius 1 is 1.15 bits per heavy atom. The highest BCUT2D eigenvalue weighted by Gasteiger charge is 2.24. The summed E-state index contributed by atoms with van der Waals surface area (Å²) in [5, 5.41) is 22.9. The lowest BCUT2D eigenvalue weighted by Gasteiger charge is -2.06. The fraction of sp³-hybridized carbons (Fsp3) is 0. The largest absolute Gasteiger partial charge is 0.506 e. The number of aromatic nitrogens is 4. The zero-order valence-electron chi connectivity index (χ0n) is 13.3. The van der Waals surface area contributed by atoms with E-state index in [-0.39, 0.29) is 16.7 Å². The molecule has 0 aliphatic heterocycles. The highest BCUT2D eigenvalue weighted by molar-refractivity contribution is 7.43. The maximum atomic E-state index is 13.2. The van der Waals surface area contributed by atoms with Crippen LogP contribution in [-0.4, -0.2) is 31.3 Å². The number of phenolic OH excluding ortho intramolecular Hbond substituents is 1. The fourth-order valence-electron chi connectivity index (χ4n) is 3.01. The number of hydrogen-bond donors (Lipinski definition) is 2. The second kappa shape index (κ2) is 5.81. The summed E-state index contributed by atoms with van der Waals surface area (Å²) in [5.41, 5.74) is 7.99. The Morgan fingerprint density at radius 3 is 2.85 bits per heavy atom. The average molecular weight is 414 g/mol. The van der Waals surface area contributed by atoms with Crippen LogP contribution in [0.1, 0.15) is 15.2 Å². The lowest BCUT2D eigenvalue weighted by Crippen LogP contribution is -2.03. The van der Waals surface area contributed by atoms with Gasteiger partial charge in [-0.1, -0.05) is 17.7 Å². The molecule has 5 rings (SSSR count). The number of carbonyl (C=O) groups excluding carboxylic acids is 1. The number of pyridine rings is 1. The van der Waals surface area contributed by atoms with Gasteiger partial charge < -0.3 is 10.8 Å². The molecule has 3 N–H and O–H groups in total. The first-order chi connectivity index (χ1) is 13.1. The van der Waals surface area contributed by atoms with Crippen LogP contribution in [0.15, 0.2) is 30.5 Å². The van der Waals surface area contributed by atoms with Crippen LogP contribution in [0, 0.1) is 0 Å². The molecule has 10 heteroatoms. The number of anilines is 1. The number of aromatic hydroxyl groups is 1. The van der Waals surface area contributed by atoms with Gasteiger partial charge in [0, 0.05) is 17.1 Å². The first kappa shape index (κ1) is 16.3. The summed E-state index contributed by atoms with van der Waals surface area (Å²) >= 11 is 8.74. The second-order valence-electron chi connectivity index (χ2n) is 5.73. The third-order valence-corrected chi connectivity index (χ3v) is 7.08. The molecule has 0 atom stereocenters. The van der Waals surface area contributed by atoms with Crippen LogP contribution in [0.5, 0.6) is 5.75 Å². The highest BCUT2D eigenvalue weighted by Crippen LogP contribution is 2.45. The number of nitrogen functional groups attached to an aromatic ring is 1. The lowest BCUT2D eigenvalue weighted by molar-refractivity contribution is 0.104. The van der Waals surface area contributed by atoms with Crippen LogP contribution >= 0.6 is 34.3 Å². The summed E-state index contributed by atoms with van der Waals surface area (Å²) in [6.07, 6.45) is 1.56. The SMILES string of the molecule is Nc1c(C(=O)c2ccc(O)c3ncccc23)sc2sc3c(Cl)nnnc3c12. The molecule has 0 bridgehead atoms. The van der Waals surface area contributed by atoms with E-state index in [0.29, 0.717) is 42.6 Å². The van der Waals surface area contributed by atoms with Crippen LogP contribution in [0.4, 0.5) is 5.69 Å². The monoisotopic (exact) mass is 413 g/mol. The Bertz CT molecular complexity index is 1390. The van der Waals surface area contributed by atoms with Gasteiger partial charge in [0.15, 0.2) is 5.15 Å². The molecule has 0 aliphatic carbocycles. The Balaban J connectivity index is 1.75. The maximum absolute atomic E-state index is 13.2. The van der Waals surface area contributed by atoms with E-state index in [1.165, 1.54) is 28.7 Å². The summed E-state index contributed by atoms with van der Waals surface area (Å²) in [7, 11) is 0. The number of rotatable bonds is 2. The average Bonchev–Trinajstić information content (AvgIpc) is 3.20. The summed E-state index contributed by atoms with van der Waals surface area (Å²) in [5.74, 6) is -0.217. The quantitative estimate of drug-likeness (QED) is 0.420. The number of benzene rings is 1. The van der Waals surface area contributed by atoms with Crippen LogP contribution in [-0.2, 0) is 0 Å². The molecule has 0 fully saturated rings. The van der Waals surface area contributed by atoms with Crippen molar-refractivity contribution in [2.75, 3.05) is 5.73 Å². The van der Waals surface area contributed by atoms with Crippen LogP contribution in [0.25, 0.3) is 30.5 Å². The normalized spacial score (nSPS) is 11.6. The Kier molecular flexibility index (Phi) is 3.51. The summed E-state index contributed by atoms with van der Waals surface area (Å²) < 4.78 is 1.52. The molecule has 7 nitrogen and oxygen atoms in total. The molecular formula is C17H8ClN5O2S2. The highest BCUT2D eigenvalue weighted by atomic mass is 35.5. The molecule has 132 valence electrons. The van der Waals surface area contributed by atoms with Crippen molar-refractivity contribution in [3.63, 3.8) is 0 Å². The van der Waals surface area contributed by atoms with Gasteiger partial charge in [0.25, 0.3) is 0 Å². The molecule has 0 aliphatic rings. The van der Waals surface area contributed by atoms with Crippen LogP contribution in [0.2, 0.25) is 5.15 Å². The number of nitrogens with two attached hydrogens (primary N) is 1. The minimum absolute atomic E-state index is 0.0192. The third kappa shape index (κ3) is 2.29. The van der Waals surface area contributed by atoms with Crippen LogP contribution in [0.3, 0.4) is 0 Å². The number of nitrogens with zero attached hydrogens (tertiary/aromatic N) is 4. The molecule has 0 unspecified atom stereocenters. The molecule has 5 aromatic rings. The van der Waals surface area contributed by atoms with Crippen LogP contribution < -0.4 is 5.73 Å². The molecule has 0 saturated carbocycles. The van der Waals surface area contributed by atoms with Crippen molar-refractivity contribution in [2.24, 2.45) is 0 Å². The Labute approximate surface area is 164 Å². The molecule has 4 aromatic heterocycles. The van der Waals surface area contributed by atoms with Gasteiger partial charge >= 0.3 is 0 Å². The van der Waals surface area contributed by atoms with Gasteiger partial charge in [-0.15, -0.1) is 32.9 Å². The maximum Gasteiger partial charge on any atom is 0.205 e. The van der Waals surface area contributed by atoms with E-state index in [0.717, 1.165) is 4.01 Å². The van der Waals surface area contributed by atoms with Crippen molar-refractivity contribution in [3.05, 3.63) is 46.1 Å². The number of ketones is 1. The predicted octanol–water partition coefficient (Wildman–Crippen LogP) is 4.02. The zero-order chi connectivity index (χ0) is 18.7. The summed E-state index contributed by atoms with van der Waals surface area (Å²) in [4.78, 5) is 17.8. The lowest BCUT2D eigenvalue weighted by atomic mass is 10.0. The number of fused-ring (bicyclic) bond motifs is 4. The zero-order valence-corrected chi connectivity index (χ0v) is 15.7. The molecule has 0 saturated heterocycles. The van der Waals surface area contributed by atoms with Gasteiger partial charge in [0.1, 0.15) is 21.7 Å². The molecular weight excluding hydrogens is 406 g/mol. The van der Waals surface area contributed by atoms with E-state index in [1.807, 2.05) is 0 Å². The van der Waals surface area contributed by atoms with Gasteiger partial charge in [0.2, 0.25) is 5.78 Å². The second-order valence-corrected chi connectivity index (χ2v) is 8.39. The van der Waals surface area contributed by atoms with Gasteiger partial charge in [0.05, 0.1) is 19.8 Å². The molecule has 0 amide bonds. The topological polar surface area (TPSA) is 115 Å². The minimum atomic E-state index is -0.236. The smallest absolute Gasteiger partial charge is 0.205 e. The van der Waals surface area contributed by atoms with Crippen molar-refractivity contribution >= 4 is 76.3 Å².